The first-order valence-corrected chi connectivity index (χ1v) is 12.0. The number of nitrogens with zero attached hydrogens (tertiary/aromatic N) is 4. The SMILES string of the molecule is Cc1cn(-c2ccc(C=C3OC4(CC4)CN4C3=NOC4(CO)c3ccc(F)cc3)c3c2CC3)cn1. The predicted molar refractivity (Wildman–Crippen MR) is 127 cm³/mol. The first kappa shape index (κ1) is 20.7. The zero-order valence-corrected chi connectivity index (χ0v) is 19.4. The Labute approximate surface area is 202 Å². The van der Waals surface area contributed by atoms with Crippen molar-refractivity contribution in [3.05, 3.63) is 88.4 Å². The fraction of sp³-hybridized carbons (Fsp3) is 0.333. The van der Waals surface area contributed by atoms with E-state index in [1.165, 1.54) is 23.3 Å². The average Bonchev–Trinajstić information content (AvgIpc) is 3.24. The van der Waals surface area contributed by atoms with Crippen LogP contribution in [0.15, 0.2) is 59.8 Å². The van der Waals surface area contributed by atoms with Gasteiger partial charge in [0.15, 0.2) is 5.76 Å². The van der Waals surface area contributed by atoms with E-state index in [-0.39, 0.29) is 18.0 Å². The van der Waals surface area contributed by atoms with E-state index in [9.17, 15) is 9.50 Å². The Hall–Kier alpha value is -3.65. The van der Waals surface area contributed by atoms with Crippen molar-refractivity contribution in [3.63, 3.8) is 0 Å². The van der Waals surface area contributed by atoms with Crippen LogP contribution < -0.4 is 0 Å². The Morgan fingerprint density at radius 3 is 2.57 bits per heavy atom. The number of amidine groups is 1. The molecule has 2 aliphatic heterocycles. The highest BCUT2D eigenvalue weighted by Gasteiger charge is 2.60. The van der Waals surface area contributed by atoms with Crippen molar-refractivity contribution in [1.29, 1.82) is 0 Å². The molecule has 35 heavy (non-hydrogen) atoms. The van der Waals surface area contributed by atoms with E-state index in [4.69, 9.17) is 9.57 Å². The summed E-state index contributed by atoms with van der Waals surface area (Å²) >= 11 is 0. The van der Waals surface area contributed by atoms with Crippen LogP contribution in [0.25, 0.3) is 11.8 Å². The minimum absolute atomic E-state index is 0.316. The van der Waals surface area contributed by atoms with Gasteiger partial charge >= 0.3 is 0 Å². The summed E-state index contributed by atoms with van der Waals surface area (Å²) in [5.74, 6) is 0.865. The third-order valence-corrected chi connectivity index (χ3v) is 7.63. The highest BCUT2D eigenvalue weighted by atomic mass is 19.1. The van der Waals surface area contributed by atoms with Crippen LogP contribution >= 0.6 is 0 Å². The molecule has 8 heteroatoms. The zero-order valence-electron chi connectivity index (χ0n) is 19.4. The van der Waals surface area contributed by atoms with Crippen molar-refractivity contribution in [2.45, 2.75) is 43.9 Å². The van der Waals surface area contributed by atoms with E-state index >= 15 is 0 Å². The number of ether oxygens (including phenoxy) is 1. The summed E-state index contributed by atoms with van der Waals surface area (Å²) in [6.45, 7) is 2.23. The van der Waals surface area contributed by atoms with E-state index < -0.39 is 5.72 Å². The highest BCUT2D eigenvalue weighted by molar-refractivity contribution is 6.02. The largest absolute Gasteiger partial charge is 0.481 e. The number of aliphatic hydroxyl groups is 1. The third-order valence-electron chi connectivity index (χ3n) is 7.63. The van der Waals surface area contributed by atoms with Crippen molar-refractivity contribution in [1.82, 2.24) is 14.5 Å². The maximum absolute atomic E-state index is 13.6. The molecule has 7 rings (SSSR count). The van der Waals surface area contributed by atoms with Crippen LogP contribution in [0.3, 0.4) is 0 Å². The molecule has 0 radical (unpaired) electrons. The van der Waals surface area contributed by atoms with E-state index in [0.29, 0.717) is 23.7 Å². The van der Waals surface area contributed by atoms with Crippen LogP contribution in [-0.2, 0) is 28.1 Å². The average molecular weight is 473 g/mol. The molecule has 7 nitrogen and oxygen atoms in total. The Morgan fingerprint density at radius 1 is 1.11 bits per heavy atom. The van der Waals surface area contributed by atoms with Gasteiger partial charge in [-0.15, -0.1) is 0 Å². The number of fused-ring (bicyclic) bond motifs is 2. The number of hydrogen-bond acceptors (Lipinski definition) is 6. The van der Waals surface area contributed by atoms with Crippen molar-refractivity contribution in [2.75, 3.05) is 13.2 Å². The lowest BCUT2D eigenvalue weighted by molar-refractivity contribution is -0.149. The first-order chi connectivity index (χ1) is 17.0. The number of hydrogen-bond donors (Lipinski definition) is 1. The summed E-state index contributed by atoms with van der Waals surface area (Å²) in [6, 6.07) is 10.3. The first-order valence-electron chi connectivity index (χ1n) is 12.0. The maximum Gasteiger partial charge on any atom is 0.260 e. The number of rotatable bonds is 4. The van der Waals surface area contributed by atoms with Crippen molar-refractivity contribution >= 4 is 11.9 Å². The minimum Gasteiger partial charge on any atom is -0.481 e. The molecule has 4 aliphatic rings. The Balaban J connectivity index is 1.28. The van der Waals surface area contributed by atoms with Gasteiger partial charge in [-0.1, -0.05) is 11.2 Å². The second-order valence-electron chi connectivity index (χ2n) is 9.89. The van der Waals surface area contributed by atoms with Gasteiger partial charge in [-0.25, -0.2) is 9.37 Å². The van der Waals surface area contributed by atoms with Gasteiger partial charge in [0.05, 0.1) is 18.6 Å². The normalized spacial score (nSPS) is 24.4. The second kappa shape index (κ2) is 7.18. The number of imidazole rings is 1. The summed E-state index contributed by atoms with van der Waals surface area (Å²) in [6.07, 6.45) is 9.83. The van der Waals surface area contributed by atoms with Gasteiger partial charge in [0.2, 0.25) is 5.84 Å². The summed E-state index contributed by atoms with van der Waals surface area (Å²) in [4.78, 5) is 12.3. The van der Waals surface area contributed by atoms with Gasteiger partial charge in [-0.3, -0.25) is 0 Å². The van der Waals surface area contributed by atoms with E-state index in [1.807, 2.05) is 30.4 Å². The topological polar surface area (TPSA) is 72.1 Å². The van der Waals surface area contributed by atoms with Crippen LogP contribution in [0, 0.1) is 12.7 Å². The van der Waals surface area contributed by atoms with Crippen LogP contribution in [0.5, 0.6) is 0 Å². The summed E-state index contributed by atoms with van der Waals surface area (Å²) in [7, 11) is 0. The molecule has 178 valence electrons. The fourth-order valence-electron chi connectivity index (χ4n) is 5.40. The van der Waals surface area contributed by atoms with Crippen LogP contribution in [-0.4, -0.2) is 44.1 Å². The molecule has 2 aliphatic carbocycles. The molecule has 1 saturated carbocycles. The van der Waals surface area contributed by atoms with Gasteiger partial charge in [0.25, 0.3) is 5.72 Å². The number of morpholine rings is 1. The molecule has 3 heterocycles. The molecule has 0 bridgehead atoms. The summed E-state index contributed by atoms with van der Waals surface area (Å²) < 4.78 is 22.2. The number of aliphatic hydroxyl groups excluding tert-OH is 1. The lowest BCUT2D eigenvalue weighted by Crippen LogP contribution is -2.56. The van der Waals surface area contributed by atoms with E-state index in [1.54, 1.807) is 12.1 Å². The lowest BCUT2D eigenvalue weighted by Gasteiger charge is -2.42. The predicted octanol–water partition coefficient (Wildman–Crippen LogP) is 3.81. The number of aryl methyl sites for hydroxylation is 1. The molecule has 1 spiro atoms. The molecule has 1 aromatic heterocycles. The third kappa shape index (κ3) is 3.06. The van der Waals surface area contributed by atoms with Gasteiger partial charge in [0, 0.05) is 17.4 Å². The Bertz CT molecular complexity index is 1410. The Morgan fingerprint density at radius 2 is 1.91 bits per heavy atom. The van der Waals surface area contributed by atoms with E-state index in [2.05, 4.69) is 26.8 Å². The molecule has 1 unspecified atom stereocenters. The van der Waals surface area contributed by atoms with Crippen LogP contribution in [0.4, 0.5) is 4.39 Å². The van der Waals surface area contributed by atoms with Crippen molar-refractivity contribution < 1.29 is 19.1 Å². The maximum atomic E-state index is 13.6. The van der Waals surface area contributed by atoms with Gasteiger partial charge < -0.3 is 24.1 Å². The Kier molecular flexibility index (Phi) is 4.25. The van der Waals surface area contributed by atoms with Gasteiger partial charge in [-0.05, 0) is 85.7 Å². The molecule has 3 aromatic rings. The number of benzene rings is 2. The summed E-state index contributed by atoms with van der Waals surface area (Å²) in [5, 5.41) is 14.8. The molecule has 1 atom stereocenters. The highest BCUT2D eigenvalue weighted by Crippen LogP contribution is 2.51. The summed E-state index contributed by atoms with van der Waals surface area (Å²) in [5.41, 5.74) is 5.02. The molecule has 1 N–H and O–H groups in total. The fourth-order valence-corrected chi connectivity index (χ4v) is 5.40. The van der Waals surface area contributed by atoms with Crippen molar-refractivity contribution in [3.8, 4) is 5.69 Å². The molecular weight excluding hydrogens is 447 g/mol. The standard InChI is InChI=1S/C27H25FN4O3/c1-17-13-31(16-29-17)23-9-2-18(21-7-8-22(21)23)12-24-25-30-35-27(15-33,19-3-5-20(28)6-4-19)32(25)14-26(34-24)10-11-26/h2-6,9,12-13,16,33H,7-8,10-11,14-15H2,1H3. The van der Waals surface area contributed by atoms with Crippen molar-refractivity contribution in [2.24, 2.45) is 5.16 Å². The smallest absolute Gasteiger partial charge is 0.260 e. The molecule has 1 saturated heterocycles. The van der Waals surface area contributed by atoms with Gasteiger partial charge in [-0.2, -0.15) is 0 Å². The number of halogens is 1. The molecule has 0 amide bonds. The molecular formula is C27H25FN4O3. The number of oxime groups is 1. The quantitative estimate of drug-likeness (QED) is 0.625. The minimum atomic E-state index is -1.20. The second-order valence-corrected chi connectivity index (χ2v) is 9.89. The van der Waals surface area contributed by atoms with Gasteiger partial charge in [0.1, 0.15) is 18.0 Å². The monoisotopic (exact) mass is 472 g/mol. The van der Waals surface area contributed by atoms with E-state index in [0.717, 1.165) is 42.6 Å². The molecule has 2 aromatic carbocycles. The lowest BCUT2D eigenvalue weighted by atomic mass is 9.83. The van der Waals surface area contributed by atoms with Crippen LogP contribution in [0.2, 0.25) is 0 Å². The molecule has 2 fully saturated rings. The number of aromatic nitrogens is 2. The zero-order chi connectivity index (χ0) is 23.8. The van der Waals surface area contributed by atoms with Crippen LogP contribution in [0.1, 0.15) is 40.8 Å².